The first-order valence-corrected chi connectivity index (χ1v) is 7.71. The summed E-state index contributed by atoms with van der Waals surface area (Å²) in [5.41, 5.74) is 1.76. The van der Waals surface area contributed by atoms with E-state index in [0.717, 1.165) is 0 Å². The van der Waals surface area contributed by atoms with Gasteiger partial charge < -0.3 is 0 Å². The second-order valence-electron chi connectivity index (χ2n) is 3.73. The molecule has 0 nitrogen and oxygen atoms in total. The monoisotopic (exact) mass is 262 g/mol. The van der Waals surface area contributed by atoms with Gasteiger partial charge in [-0.2, -0.15) is 0 Å². The quantitative estimate of drug-likeness (QED) is 0.588. The lowest BCUT2D eigenvalue weighted by Crippen LogP contribution is -2.07. The van der Waals surface area contributed by atoms with Crippen molar-refractivity contribution in [1.29, 1.82) is 0 Å². The molecule has 0 radical (unpaired) electrons. The number of hydrogen-bond donors (Lipinski definition) is 0. The zero-order valence-electron chi connectivity index (χ0n) is 7.39. The lowest BCUT2D eigenvalue weighted by molar-refractivity contribution is 0.519. The van der Waals surface area contributed by atoms with Gasteiger partial charge in [0.15, 0.2) is 0 Å². The Kier molecular flexibility index (Phi) is 2.58. The number of allylic oxidation sites excluding steroid dienone is 3. The van der Waals surface area contributed by atoms with Crippen LogP contribution < -0.4 is 0 Å². The molecule has 62 valence electrons. The highest BCUT2D eigenvalue weighted by Crippen LogP contribution is 2.31. The van der Waals surface area contributed by atoms with Crippen molar-refractivity contribution in [2.45, 2.75) is 20.8 Å². The minimum atomic E-state index is -1.03. The number of rotatable bonds is 0. The highest BCUT2D eigenvalue weighted by atomic mass is 127. The molecule has 1 aliphatic rings. The van der Waals surface area contributed by atoms with Gasteiger partial charge in [-0.25, -0.2) is 0 Å². The maximum atomic E-state index is 4.13. The normalized spacial score (nSPS) is 19.4. The van der Waals surface area contributed by atoms with Crippen LogP contribution in [0.2, 0.25) is 0 Å². The summed E-state index contributed by atoms with van der Waals surface area (Å²) in [6, 6.07) is 0. The molecule has 0 saturated carbocycles. The van der Waals surface area contributed by atoms with E-state index in [1.165, 1.54) is 5.57 Å². The van der Waals surface area contributed by atoms with Gasteiger partial charge in [-0.15, -0.1) is 18.9 Å². The molecule has 0 aromatic rings. The van der Waals surface area contributed by atoms with Gasteiger partial charge in [0.25, 0.3) is 0 Å². The molecular weight excluding hydrogens is 247 g/mol. The summed E-state index contributed by atoms with van der Waals surface area (Å²) >= 11 is -1.03. The van der Waals surface area contributed by atoms with E-state index in [0.29, 0.717) is 5.41 Å². The molecule has 0 bridgehead atoms. The van der Waals surface area contributed by atoms with Gasteiger partial charge in [0.05, 0.1) is 0 Å². The van der Waals surface area contributed by atoms with E-state index in [9.17, 15) is 0 Å². The first-order chi connectivity index (χ1) is 5.00. The Labute approximate surface area is 75.4 Å². The molecule has 0 unspecified atom stereocenters. The second-order valence-corrected chi connectivity index (χ2v) is 7.56. The highest BCUT2D eigenvalue weighted by molar-refractivity contribution is 14.2. The van der Waals surface area contributed by atoms with Crippen LogP contribution in [-0.2, 0) is 0 Å². The molecule has 1 heterocycles. The first kappa shape index (κ1) is 9.04. The van der Waals surface area contributed by atoms with E-state index in [1.807, 2.05) is 0 Å². The zero-order valence-corrected chi connectivity index (χ0v) is 9.55. The fraction of sp³-hybridized carbons (Fsp3) is 0.400. The summed E-state index contributed by atoms with van der Waals surface area (Å²) < 4.78 is 8.78. The smallest absolute Gasteiger partial charge is 0.0128 e. The third-order valence-electron chi connectivity index (χ3n) is 1.63. The third-order valence-corrected chi connectivity index (χ3v) is 4.44. The molecule has 0 spiro atoms. The van der Waals surface area contributed by atoms with Gasteiger partial charge in [0.1, 0.15) is 0 Å². The lowest BCUT2D eigenvalue weighted by Gasteiger charge is -2.20. The molecule has 0 atom stereocenters. The Morgan fingerprint density at radius 3 is 2.36 bits per heavy atom. The summed E-state index contributed by atoms with van der Waals surface area (Å²) in [4.78, 5) is 0. The molecule has 0 fully saturated rings. The molecule has 1 heteroatoms. The standard InChI is InChI=1S/C10H15I/c1-10(2,3)9-6-5-7-11(4)8-9/h5-8H,4H2,1-3H3. The van der Waals surface area contributed by atoms with Crippen LogP contribution in [0.5, 0.6) is 0 Å². The first-order valence-electron chi connectivity index (χ1n) is 3.70. The molecule has 0 N–H and O–H groups in total. The predicted octanol–water partition coefficient (Wildman–Crippen LogP) is 3.23. The van der Waals surface area contributed by atoms with Crippen LogP contribution in [0.1, 0.15) is 20.8 Å². The van der Waals surface area contributed by atoms with E-state index >= 15 is 0 Å². The Hall–Kier alpha value is -0.0500. The molecule has 0 aliphatic carbocycles. The third kappa shape index (κ3) is 2.47. The maximum absolute atomic E-state index is 4.13. The predicted molar refractivity (Wildman–Crippen MR) is 63.9 cm³/mol. The van der Waals surface area contributed by atoms with Crippen molar-refractivity contribution in [2.75, 3.05) is 0 Å². The van der Waals surface area contributed by atoms with Crippen molar-refractivity contribution in [3.8, 4) is 0 Å². The topological polar surface area (TPSA) is 0 Å². The molecule has 0 aromatic carbocycles. The highest BCUT2D eigenvalue weighted by Gasteiger charge is 2.14. The number of halogens is 1. The van der Waals surface area contributed by atoms with Gasteiger partial charge in [0, 0.05) is 0 Å². The van der Waals surface area contributed by atoms with E-state index in [-0.39, 0.29) is 0 Å². The van der Waals surface area contributed by atoms with E-state index in [4.69, 9.17) is 0 Å². The molecular formula is C10H15I. The van der Waals surface area contributed by atoms with Crippen LogP contribution in [0.25, 0.3) is 0 Å². The van der Waals surface area contributed by atoms with Gasteiger partial charge in [0.2, 0.25) is 0 Å². The average Bonchev–Trinajstić information content (AvgIpc) is 1.86. The Morgan fingerprint density at radius 2 is 2.00 bits per heavy atom. The minimum Gasteiger partial charge on any atom is -0.132 e. The van der Waals surface area contributed by atoms with Crippen LogP contribution in [0.4, 0.5) is 0 Å². The summed E-state index contributed by atoms with van der Waals surface area (Å²) in [6.45, 7) is 6.75. The molecule has 0 aromatic heterocycles. The SMILES string of the molecule is C=I1=CC=CC(C(C)(C)C)=C1. The summed E-state index contributed by atoms with van der Waals surface area (Å²) in [5, 5.41) is 0. The second kappa shape index (κ2) is 3.13. The van der Waals surface area contributed by atoms with Gasteiger partial charge in [-0.05, 0) is 19.1 Å². The van der Waals surface area contributed by atoms with Crippen LogP contribution in [0.3, 0.4) is 0 Å². The van der Waals surface area contributed by atoms with Crippen LogP contribution >= 0.6 is 18.9 Å². The van der Waals surface area contributed by atoms with Crippen molar-refractivity contribution in [1.82, 2.24) is 0 Å². The van der Waals surface area contributed by atoms with Crippen LogP contribution in [0, 0.1) is 5.41 Å². The Morgan fingerprint density at radius 1 is 1.36 bits per heavy atom. The Balaban J connectivity index is 3.03. The van der Waals surface area contributed by atoms with Crippen molar-refractivity contribution in [3.63, 3.8) is 0 Å². The molecule has 1 aliphatic heterocycles. The fourth-order valence-electron chi connectivity index (χ4n) is 0.871. The van der Waals surface area contributed by atoms with Crippen LogP contribution in [0.15, 0.2) is 21.8 Å². The van der Waals surface area contributed by atoms with E-state index in [1.54, 1.807) is 0 Å². The van der Waals surface area contributed by atoms with E-state index in [2.05, 4.69) is 45.5 Å². The molecule has 0 amide bonds. The summed E-state index contributed by atoms with van der Waals surface area (Å²) in [5.74, 6) is 0. The zero-order chi connectivity index (χ0) is 8.48. The van der Waals surface area contributed by atoms with Crippen LogP contribution in [-0.4, -0.2) is 8.53 Å². The lowest BCUT2D eigenvalue weighted by atomic mass is 9.87. The average molecular weight is 262 g/mol. The van der Waals surface area contributed by atoms with Gasteiger partial charge >= 0.3 is 0 Å². The molecule has 11 heavy (non-hydrogen) atoms. The molecule has 1 rings (SSSR count). The largest absolute Gasteiger partial charge is 0.132 e. The Bertz CT molecular complexity index is 278. The van der Waals surface area contributed by atoms with Gasteiger partial charge in [-0.1, -0.05) is 37.4 Å². The molecule has 0 saturated heterocycles. The van der Waals surface area contributed by atoms with Crippen molar-refractivity contribution in [3.05, 3.63) is 21.8 Å². The summed E-state index contributed by atoms with van der Waals surface area (Å²) in [7, 11) is 0. The maximum Gasteiger partial charge on any atom is -0.0128 e. The van der Waals surface area contributed by atoms with Crippen molar-refractivity contribution in [2.24, 2.45) is 5.41 Å². The van der Waals surface area contributed by atoms with Gasteiger partial charge in [-0.3, -0.25) is 0 Å². The summed E-state index contributed by atoms with van der Waals surface area (Å²) in [6.07, 6.45) is 4.37. The van der Waals surface area contributed by atoms with E-state index < -0.39 is 18.9 Å². The fourth-order valence-corrected chi connectivity index (χ4v) is 3.82. The van der Waals surface area contributed by atoms with Crippen molar-refractivity contribution >= 4 is 27.4 Å². The minimum absolute atomic E-state index is 0.304. The van der Waals surface area contributed by atoms with Crippen molar-refractivity contribution < 1.29 is 0 Å². The number of hydrogen-bond acceptors (Lipinski definition) is 0.